The second-order valence-electron chi connectivity index (χ2n) is 3.43. The molecule has 0 aliphatic heterocycles. The zero-order valence-electron chi connectivity index (χ0n) is 10.8. The van der Waals surface area contributed by atoms with E-state index >= 15 is 0 Å². The third-order valence-electron chi connectivity index (χ3n) is 2.21. The maximum absolute atomic E-state index is 11.7. The third-order valence-corrected chi connectivity index (χ3v) is 2.21. The van der Waals surface area contributed by atoms with Crippen LogP contribution in [0, 0.1) is 0 Å². The van der Waals surface area contributed by atoms with Crippen LogP contribution >= 0.6 is 0 Å². The minimum absolute atomic E-state index is 0.0355. The fourth-order valence-corrected chi connectivity index (χ4v) is 1.38. The van der Waals surface area contributed by atoms with E-state index in [9.17, 15) is 9.59 Å². The molecule has 0 atom stereocenters. The second kappa shape index (κ2) is 7.00. The summed E-state index contributed by atoms with van der Waals surface area (Å²) in [6.07, 6.45) is 1.43. The van der Waals surface area contributed by atoms with Gasteiger partial charge in [0.2, 0.25) is 0 Å². The van der Waals surface area contributed by atoms with Crippen LogP contribution in [0.5, 0.6) is 0 Å². The summed E-state index contributed by atoms with van der Waals surface area (Å²) < 4.78 is 0. The van der Waals surface area contributed by atoms with Gasteiger partial charge in [-0.15, -0.1) is 0 Å². The monoisotopic (exact) mass is 260 g/mol. The van der Waals surface area contributed by atoms with Gasteiger partial charge in [-0.1, -0.05) is 32.0 Å². The topological polar surface area (TPSA) is 82.2 Å². The Morgan fingerprint density at radius 2 is 1.79 bits per heavy atom. The number of carbonyl (C=O) groups excluding carboxylic acids is 1. The summed E-state index contributed by atoms with van der Waals surface area (Å²) >= 11 is 0. The average Bonchev–Trinajstić information content (AvgIpc) is 2.91. The first kappa shape index (κ1) is 14.5. The second-order valence-corrected chi connectivity index (χ2v) is 3.43. The number of rotatable bonds is 3. The molecule has 2 aromatic rings. The predicted molar refractivity (Wildman–Crippen MR) is 73.5 cm³/mol. The van der Waals surface area contributed by atoms with Gasteiger partial charge in [0.05, 0.1) is 5.69 Å². The summed E-state index contributed by atoms with van der Waals surface area (Å²) in [6, 6.07) is 10.1. The lowest BCUT2D eigenvalue weighted by molar-refractivity contribution is 0.0691. The Hall–Kier alpha value is -2.56. The Kier molecular flexibility index (Phi) is 5.35. The quantitative estimate of drug-likeness (QED) is 0.793. The molecule has 0 bridgehead atoms. The van der Waals surface area contributed by atoms with Crippen LogP contribution in [-0.2, 0) is 0 Å². The molecular weight excluding hydrogens is 244 g/mol. The highest BCUT2D eigenvalue weighted by Crippen LogP contribution is 2.11. The summed E-state index contributed by atoms with van der Waals surface area (Å²) in [6.45, 7) is 4.00. The highest BCUT2D eigenvalue weighted by Gasteiger charge is 2.09. The van der Waals surface area contributed by atoms with Crippen LogP contribution in [0.4, 0.5) is 5.69 Å². The van der Waals surface area contributed by atoms with Crippen LogP contribution in [0.2, 0.25) is 0 Å². The molecule has 3 N–H and O–H groups in total. The van der Waals surface area contributed by atoms with Crippen molar-refractivity contribution >= 4 is 17.6 Å². The molecule has 5 nitrogen and oxygen atoms in total. The normalized spacial score (nSPS) is 9.16. The molecule has 0 fully saturated rings. The SMILES string of the molecule is CC.O=C(Nc1c[nH]c(C(=O)O)c1)c1ccccc1. The van der Waals surface area contributed by atoms with Crippen molar-refractivity contribution in [2.45, 2.75) is 13.8 Å². The fraction of sp³-hybridized carbons (Fsp3) is 0.143. The Balaban J connectivity index is 0.000000861. The molecule has 1 aromatic carbocycles. The van der Waals surface area contributed by atoms with E-state index in [-0.39, 0.29) is 11.6 Å². The molecule has 0 aliphatic carbocycles. The number of anilines is 1. The van der Waals surface area contributed by atoms with Crippen molar-refractivity contribution in [3.63, 3.8) is 0 Å². The zero-order valence-corrected chi connectivity index (χ0v) is 10.8. The van der Waals surface area contributed by atoms with E-state index in [2.05, 4.69) is 10.3 Å². The van der Waals surface area contributed by atoms with Crippen LogP contribution in [0.25, 0.3) is 0 Å². The fourth-order valence-electron chi connectivity index (χ4n) is 1.38. The zero-order chi connectivity index (χ0) is 14.3. The molecule has 1 aromatic heterocycles. The van der Waals surface area contributed by atoms with Gasteiger partial charge in [0, 0.05) is 11.8 Å². The number of carbonyl (C=O) groups is 2. The number of aromatic nitrogens is 1. The number of amides is 1. The van der Waals surface area contributed by atoms with Gasteiger partial charge in [0.25, 0.3) is 5.91 Å². The van der Waals surface area contributed by atoms with Gasteiger partial charge in [0.1, 0.15) is 5.69 Å². The van der Waals surface area contributed by atoms with E-state index in [4.69, 9.17) is 5.11 Å². The first-order chi connectivity index (χ1) is 9.16. The first-order valence-electron chi connectivity index (χ1n) is 5.95. The van der Waals surface area contributed by atoms with Crippen LogP contribution in [0.1, 0.15) is 34.7 Å². The lowest BCUT2D eigenvalue weighted by atomic mass is 10.2. The molecule has 5 heteroatoms. The van der Waals surface area contributed by atoms with Gasteiger partial charge in [-0.2, -0.15) is 0 Å². The number of hydrogen-bond acceptors (Lipinski definition) is 2. The highest BCUT2D eigenvalue weighted by molar-refractivity contribution is 6.04. The van der Waals surface area contributed by atoms with Gasteiger partial charge < -0.3 is 15.4 Å². The molecule has 2 rings (SSSR count). The molecule has 0 spiro atoms. The molecule has 1 heterocycles. The molecule has 0 radical (unpaired) electrons. The summed E-state index contributed by atoms with van der Waals surface area (Å²) in [5.74, 6) is -1.34. The number of aromatic carboxylic acids is 1. The van der Waals surface area contributed by atoms with E-state index in [1.807, 2.05) is 19.9 Å². The van der Waals surface area contributed by atoms with E-state index in [0.717, 1.165) is 0 Å². The van der Waals surface area contributed by atoms with Gasteiger partial charge in [-0.05, 0) is 18.2 Å². The average molecular weight is 260 g/mol. The van der Waals surface area contributed by atoms with Gasteiger partial charge in [-0.25, -0.2) is 4.79 Å². The number of aromatic amines is 1. The molecule has 0 unspecified atom stereocenters. The van der Waals surface area contributed by atoms with E-state index in [0.29, 0.717) is 11.3 Å². The van der Waals surface area contributed by atoms with Crippen LogP contribution in [0.3, 0.4) is 0 Å². The lowest BCUT2D eigenvalue weighted by Gasteiger charge is -2.01. The number of hydrogen-bond donors (Lipinski definition) is 3. The number of benzene rings is 1. The molecule has 0 saturated heterocycles. The standard InChI is InChI=1S/C12H10N2O3.C2H6/c15-11(8-4-2-1-3-5-8)14-9-6-10(12(16)17)13-7-9;1-2/h1-7,13H,(H,14,15)(H,16,17);1-2H3. The number of H-pyrrole nitrogens is 1. The largest absolute Gasteiger partial charge is 0.477 e. The van der Waals surface area contributed by atoms with Crippen molar-refractivity contribution in [1.82, 2.24) is 4.98 Å². The molecule has 0 aliphatic rings. The molecular formula is C14H16N2O3. The summed E-state index contributed by atoms with van der Waals surface area (Å²) in [7, 11) is 0. The highest BCUT2D eigenvalue weighted by atomic mass is 16.4. The van der Waals surface area contributed by atoms with Crippen LogP contribution in [-0.4, -0.2) is 22.0 Å². The first-order valence-corrected chi connectivity index (χ1v) is 5.95. The summed E-state index contributed by atoms with van der Waals surface area (Å²) in [5.41, 5.74) is 0.982. The van der Waals surface area contributed by atoms with Crippen molar-refractivity contribution in [3.8, 4) is 0 Å². The minimum atomic E-state index is -1.06. The van der Waals surface area contributed by atoms with E-state index in [1.54, 1.807) is 24.3 Å². The van der Waals surface area contributed by atoms with Crippen molar-refractivity contribution in [1.29, 1.82) is 0 Å². The Morgan fingerprint density at radius 1 is 1.16 bits per heavy atom. The molecule has 1 amide bonds. The molecule has 100 valence electrons. The molecule has 0 saturated carbocycles. The van der Waals surface area contributed by atoms with Crippen molar-refractivity contribution < 1.29 is 14.7 Å². The maximum atomic E-state index is 11.7. The van der Waals surface area contributed by atoms with E-state index < -0.39 is 5.97 Å². The molecule has 19 heavy (non-hydrogen) atoms. The number of nitrogens with one attached hydrogen (secondary N) is 2. The van der Waals surface area contributed by atoms with Crippen molar-refractivity contribution in [2.75, 3.05) is 5.32 Å². The van der Waals surface area contributed by atoms with Gasteiger partial charge in [-0.3, -0.25) is 4.79 Å². The Labute approximate surface area is 111 Å². The Morgan fingerprint density at radius 3 is 2.32 bits per heavy atom. The smallest absolute Gasteiger partial charge is 0.352 e. The maximum Gasteiger partial charge on any atom is 0.352 e. The Bertz CT molecular complexity index is 547. The summed E-state index contributed by atoms with van der Waals surface area (Å²) in [5, 5.41) is 11.3. The van der Waals surface area contributed by atoms with Crippen LogP contribution < -0.4 is 5.32 Å². The lowest BCUT2D eigenvalue weighted by Crippen LogP contribution is -2.10. The predicted octanol–water partition coefficient (Wildman–Crippen LogP) is 2.99. The van der Waals surface area contributed by atoms with Gasteiger partial charge >= 0.3 is 5.97 Å². The van der Waals surface area contributed by atoms with Crippen molar-refractivity contribution in [2.24, 2.45) is 0 Å². The van der Waals surface area contributed by atoms with E-state index in [1.165, 1.54) is 12.3 Å². The number of carboxylic acid groups (broad SMARTS) is 1. The van der Waals surface area contributed by atoms with Crippen LogP contribution in [0.15, 0.2) is 42.6 Å². The van der Waals surface area contributed by atoms with Crippen molar-refractivity contribution in [3.05, 3.63) is 53.9 Å². The summed E-state index contributed by atoms with van der Waals surface area (Å²) in [4.78, 5) is 24.9. The third kappa shape index (κ3) is 3.99. The number of carboxylic acids is 1. The van der Waals surface area contributed by atoms with Gasteiger partial charge in [0.15, 0.2) is 0 Å². The minimum Gasteiger partial charge on any atom is -0.477 e.